The van der Waals surface area contributed by atoms with Gasteiger partial charge in [-0.05, 0) is 60.9 Å². The zero-order valence-corrected chi connectivity index (χ0v) is 18.1. The second-order valence-electron chi connectivity index (χ2n) is 7.92. The fourth-order valence-corrected chi connectivity index (χ4v) is 5.19. The molecule has 0 amide bonds. The summed E-state index contributed by atoms with van der Waals surface area (Å²) in [5, 5.41) is 0. The Balaban J connectivity index is 1.69. The van der Waals surface area contributed by atoms with E-state index in [0.29, 0.717) is 5.56 Å². The Morgan fingerprint density at radius 3 is 2.44 bits per heavy atom. The molecule has 166 valence electrons. The lowest BCUT2D eigenvalue weighted by molar-refractivity contribution is -0.139. The third-order valence-electron chi connectivity index (χ3n) is 5.18. The van der Waals surface area contributed by atoms with Crippen molar-refractivity contribution < 1.29 is 21.6 Å². The number of alkyl halides is 3. The van der Waals surface area contributed by atoms with Crippen LogP contribution in [0.4, 0.5) is 13.2 Å². The van der Waals surface area contributed by atoms with Crippen LogP contribution in [0.5, 0.6) is 0 Å². The monoisotopic (exact) mass is 459 g/mol. The third-order valence-corrected chi connectivity index (χ3v) is 6.89. The molecule has 4 rings (SSSR count). The van der Waals surface area contributed by atoms with Crippen LogP contribution in [0.15, 0.2) is 84.1 Å². The molecule has 0 fully saturated rings. The first-order chi connectivity index (χ1) is 15.0. The van der Waals surface area contributed by atoms with Crippen LogP contribution in [0.3, 0.4) is 0 Å². The van der Waals surface area contributed by atoms with Gasteiger partial charge in [-0.3, -0.25) is 0 Å². The van der Waals surface area contributed by atoms with Crippen LogP contribution in [0, 0.1) is 0 Å². The van der Waals surface area contributed by atoms with Crippen LogP contribution in [-0.4, -0.2) is 17.8 Å². The van der Waals surface area contributed by atoms with Crippen molar-refractivity contribution in [2.24, 2.45) is 0 Å². The predicted octanol–water partition coefficient (Wildman–Crippen LogP) is 5.23. The van der Waals surface area contributed by atoms with Gasteiger partial charge in [-0.1, -0.05) is 30.3 Å². The highest BCUT2D eigenvalue weighted by Gasteiger charge is 2.38. The smallest absolute Gasteiger partial charge is 0.306 e. The minimum Gasteiger partial charge on any atom is -0.306 e. The molecule has 2 aromatic heterocycles. The quantitative estimate of drug-likeness (QED) is 0.444. The summed E-state index contributed by atoms with van der Waals surface area (Å²) in [5.74, 6) is 0. The number of nitrogens with one attached hydrogen (secondary N) is 1. The number of nitrogens with zero attached hydrogens (tertiary/aromatic N) is 2. The van der Waals surface area contributed by atoms with Crippen LogP contribution >= 0.6 is 0 Å². The molecule has 0 aliphatic rings. The van der Waals surface area contributed by atoms with Crippen molar-refractivity contribution in [2.45, 2.75) is 30.5 Å². The Morgan fingerprint density at radius 2 is 1.69 bits per heavy atom. The molecular formula is C23H20F3N3O2S. The maximum atomic E-state index is 13.4. The van der Waals surface area contributed by atoms with Crippen molar-refractivity contribution in [1.82, 2.24) is 14.1 Å². The van der Waals surface area contributed by atoms with Gasteiger partial charge in [0.25, 0.3) is 0 Å². The van der Waals surface area contributed by atoms with Gasteiger partial charge in [0.1, 0.15) is 5.65 Å². The lowest BCUT2D eigenvalue weighted by atomic mass is 9.92. The standard InChI is InChI=1S/C23H20F3N3O2S/c1-22(2,28-32(30,31)20-9-4-3-8-19(20)23(24,25)26)18-7-5-6-16(14-18)17-10-11-21-27-12-13-29(21)15-17/h3-15,28H,1-2H3. The van der Waals surface area contributed by atoms with Crippen LogP contribution in [0.2, 0.25) is 0 Å². The molecule has 0 aliphatic heterocycles. The highest BCUT2D eigenvalue weighted by Crippen LogP contribution is 2.35. The average Bonchev–Trinajstić information content (AvgIpc) is 3.20. The first-order valence-electron chi connectivity index (χ1n) is 9.71. The van der Waals surface area contributed by atoms with Gasteiger partial charge >= 0.3 is 6.18 Å². The van der Waals surface area contributed by atoms with E-state index in [1.807, 2.05) is 41.1 Å². The molecule has 9 heteroatoms. The summed E-state index contributed by atoms with van der Waals surface area (Å²) >= 11 is 0. The Labute approximate surface area is 183 Å². The SMILES string of the molecule is CC(C)(NS(=O)(=O)c1ccccc1C(F)(F)F)c1cccc(-c2ccc3nccn3c2)c1. The fourth-order valence-electron chi connectivity index (χ4n) is 3.56. The highest BCUT2D eigenvalue weighted by molar-refractivity contribution is 7.89. The van der Waals surface area contributed by atoms with E-state index in [4.69, 9.17) is 0 Å². The molecule has 4 aromatic rings. The minimum atomic E-state index is -4.79. The minimum absolute atomic E-state index is 0.605. The number of fused-ring (bicyclic) bond motifs is 1. The van der Waals surface area contributed by atoms with E-state index in [9.17, 15) is 21.6 Å². The van der Waals surface area contributed by atoms with Crippen molar-refractivity contribution in [1.29, 1.82) is 0 Å². The van der Waals surface area contributed by atoms with E-state index in [0.717, 1.165) is 35.0 Å². The van der Waals surface area contributed by atoms with Gasteiger partial charge in [0, 0.05) is 18.6 Å². The van der Waals surface area contributed by atoms with Crippen molar-refractivity contribution in [3.8, 4) is 11.1 Å². The molecule has 0 saturated heterocycles. The number of benzene rings is 2. The molecular weight excluding hydrogens is 439 g/mol. The molecule has 1 N–H and O–H groups in total. The molecule has 2 heterocycles. The molecule has 0 atom stereocenters. The number of hydrogen-bond donors (Lipinski definition) is 1. The third kappa shape index (κ3) is 4.26. The van der Waals surface area contributed by atoms with Crippen LogP contribution in [0.1, 0.15) is 25.0 Å². The van der Waals surface area contributed by atoms with Crippen molar-refractivity contribution in [2.75, 3.05) is 0 Å². The summed E-state index contributed by atoms with van der Waals surface area (Å²) < 4.78 is 70.3. The fraction of sp³-hybridized carbons (Fsp3) is 0.174. The van der Waals surface area contributed by atoms with Gasteiger partial charge in [-0.25, -0.2) is 18.1 Å². The van der Waals surface area contributed by atoms with E-state index in [1.54, 1.807) is 32.2 Å². The second kappa shape index (κ2) is 7.75. The molecule has 0 bridgehead atoms. The summed E-state index contributed by atoms with van der Waals surface area (Å²) in [6.45, 7) is 3.22. The zero-order chi connectivity index (χ0) is 23.1. The first-order valence-corrected chi connectivity index (χ1v) is 11.2. The number of pyridine rings is 1. The zero-order valence-electron chi connectivity index (χ0n) is 17.3. The van der Waals surface area contributed by atoms with Gasteiger partial charge in [0.05, 0.1) is 16.0 Å². The highest BCUT2D eigenvalue weighted by atomic mass is 32.2. The van der Waals surface area contributed by atoms with E-state index in [1.165, 1.54) is 6.07 Å². The number of halogens is 3. The van der Waals surface area contributed by atoms with Crippen molar-refractivity contribution >= 4 is 15.7 Å². The maximum absolute atomic E-state index is 13.4. The van der Waals surface area contributed by atoms with Gasteiger partial charge in [0.15, 0.2) is 0 Å². The summed E-state index contributed by atoms with van der Waals surface area (Å²) in [6.07, 6.45) is 0.616. The first kappa shape index (κ1) is 22.0. The van der Waals surface area contributed by atoms with Gasteiger partial charge < -0.3 is 4.40 Å². The summed E-state index contributed by atoms with van der Waals surface area (Å²) in [7, 11) is -4.46. The summed E-state index contributed by atoms with van der Waals surface area (Å²) in [5.41, 5.74) is 0.743. The predicted molar refractivity (Wildman–Crippen MR) is 115 cm³/mol. The Kier molecular flexibility index (Phi) is 5.34. The Morgan fingerprint density at radius 1 is 0.938 bits per heavy atom. The Hall–Kier alpha value is -3.17. The number of rotatable bonds is 5. The topological polar surface area (TPSA) is 63.5 Å². The number of aromatic nitrogens is 2. The van der Waals surface area contributed by atoms with Gasteiger partial charge in [-0.2, -0.15) is 13.2 Å². The van der Waals surface area contributed by atoms with E-state index in [-0.39, 0.29) is 0 Å². The molecule has 0 aliphatic carbocycles. The molecule has 32 heavy (non-hydrogen) atoms. The number of hydrogen-bond acceptors (Lipinski definition) is 3. The van der Waals surface area contributed by atoms with Crippen molar-refractivity contribution in [3.63, 3.8) is 0 Å². The summed E-state index contributed by atoms with van der Waals surface area (Å²) in [6, 6.07) is 15.1. The lowest BCUT2D eigenvalue weighted by Crippen LogP contribution is -2.41. The summed E-state index contributed by atoms with van der Waals surface area (Å²) in [4.78, 5) is 3.41. The van der Waals surface area contributed by atoms with E-state index >= 15 is 0 Å². The molecule has 2 aromatic carbocycles. The van der Waals surface area contributed by atoms with Gasteiger partial charge in [-0.15, -0.1) is 0 Å². The molecule has 0 spiro atoms. The lowest BCUT2D eigenvalue weighted by Gasteiger charge is -2.28. The van der Waals surface area contributed by atoms with E-state index in [2.05, 4.69) is 9.71 Å². The van der Waals surface area contributed by atoms with Crippen LogP contribution < -0.4 is 4.72 Å². The second-order valence-corrected chi connectivity index (χ2v) is 9.57. The molecule has 0 saturated carbocycles. The Bertz CT molecular complexity index is 1390. The number of imidazole rings is 1. The molecule has 5 nitrogen and oxygen atoms in total. The molecule has 0 unspecified atom stereocenters. The maximum Gasteiger partial charge on any atom is 0.417 e. The number of sulfonamides is 1. The molecule has 0 radical (unpaired) electrons. The van der Waals surface area contributed by atoms with E-state index < -0.39 is 32.2 Å². The van der Waals surface area contributed by atoms with Crippen LogP contribution in [-0.2, 0) is 21.7 Å². The largest absolute Gasteiger partial charge is 0.417 e. The van der Waals surface area contributed by atoms with Crippen molar-refractivity contribution in [3.05, 3.63) is 90.4 Å². The average molecular weight is 459 g/mol. The van der Waals surface area contributed by atoms with Crippen LogP contribution in [0.25, 0.3) is 16.8 Å². The van der Waals surface area contributed by atoms with Gasteiger partial charge in [0.2, 0.25) is 10.0 Å². The normalized spacial score (nSPS) is 12.9.